The number of carboxylic acid groups (broad SMARTS) is 2. The van der Waals surface area contributed by atoms with Crippen molar-refractivity contribution in [2.75, 3.05) is 0 Å². The lowest BCUT2D eigenvalue weighted by molar-refractivity contribution is -0.321. The van der Waals surface area contributed by atoms with Crippen LogP contribution in [0.1, 0.15) is 66.7 Å². The van der Waals surface area contributed by atoms with Crippen LogP contribution in [0.25, 0.3) is 0 Å². The molecule has 1 unspecified atom stereocenters. The molecule has 22 heavy (non-hydrogen) atoms. The van der Waals surface area contributed by atoms with Gasteiger partial charge in [-0.25, -0.2) is 9.59 Å². The Hall–Kier alpha value is -1.56. The molecule has 0 aromatic carbocycles. The molecular formula is C16H28O6. The highest BCUT2D eigenvalue weighted by Crippen LogP contribution is 2.25. The highest BCUT2D eigenvalue weighted by Gasteiger charge is 2.27. The van der Waals surface area contributed by atoms with E-state index in [-0.39, 0.29) is 17.9 Å². The average Bonchev–Trinajstić information content (AvgIpc) is 2.39. The van der Waals surface area contributed by atoms with Crippen LogP contribution in [0.2, 0.25) is 0 Å². The Morgan fingerprint density at radius 3 is 2.05 bits per heavy atom. The zero-order chi connectivity index (χ0) is 17.3. The summed E-state index contributed by atoms with van der Waals surface area (Å²) in [6, 6.07) is 0. The number of carbonyl (C=O) groups is 2. The minimum Gasteiger partial charge on any atom is -0.478 e. The van der Waals surface area contributed by atoms with Crippen LogP contribution in [0.4, 0.5) is 0 Å². The highest BCUT2D eigenvalue weighted by atomic mass is 17.2. The molecule has 0 aromatic rings. The third kappa shape index (κ3) is 8.02. The lowest BCUT2D eigenvalue weighted by Crippen LogP contribution is -2.23. The smallest absolute Gasteiger partial charge is 0.375 e. The molecule has 128 valence electrons. The van der Waals surface area contributed by atoms with Gasteiger partial charge in [-0.15, -0.1) is 0 Å². The van der Waals surface area contributed by atoms with Crippen LogP contribution in [-0.4, -0.2) is 27.8 Å². The number of carboxylic acids is 2. The Morgan fingerprint density at radius 2 is 1.68 bits per heavy atom. The average molecular weight is 316 g/mol. The molecule has 0 amide bonds. The van der Waals surface area contributed by atoms with Gasteiger partial charge in [0, 0.05) is 0 Å². The topological polar surface area (TPSA) is 93.1 Å². The molecule has 6 nitrogen and oxygen atoms in total. The normalized spacial score (nSPS) is 14.2. The van der Waals surface area contributed by atoms with E-state index < -0.39 is 23.3 Å². The molecule has 2 N–H and O–H groups in total. The van der Waals surface area contributed by atoms with Gasteiger partial charge >= 0.3 is 11.9 Å². The molecule has 0 aliphatic heterocycles. The van der Waals surface area contributed by atoms with Gasteiger partial charge in [-0.05, 0) is 33.1 Å². The van der Waals surface area contributed by atoms with Crippen molar-refractivity contribution in [1.29, 1.82) is 0 Å². The maximum absolute atomic E-state index is 11.4. The first-order valence-electron chi connectivity index (χ1n) is 7.67. The fourth-order valence-electron chi connectivity index (χ4n) is 1.89. The van der Waals surface area contributed by atoms with Gasteiger partial charge in [0.15, 0.2) is 0 Å². The molecule has 1 atom stereocenters. The maximum Gasteiger partial charge on any atom is 0.375 e. The molecule has 0 aliphatic carbocycles. The largest absolute Gasteiger partial charge is 0.478 e. The van der Waals surface area contributed by atoms with E-state index >= 15 is 0 Å². The Labute approximate surface area is 132 Å². The molecule has 0 radical (unpaired) electrons. The van der Waals surface area contributed by atoms with E-state index in [1.54, 1.807) is 20.8 Å². The summed E-state index contributed by atoms with van der Waals surface area (Å²) < 4.78 is 0. The van der Waals surface area contributed by atoms with Crippen LogP contribution in [0.5, 0.6) is 0 Å². The van der Waals surface area contributed by atoms with Crippen molar-refractivity contribution in [2.45, 2.75) is 72.3 Å². The SMILES string of the molecule is CCCCC(CC)C/C(C(=O)O)=C(/OOC(C)(C)C)C(=O)O. The fourth-order valence-corrected chi connectivity index (χ4v) is 1.89. The lowest BCUT2D eigenvalue weighted by Gasteiger charge is -2.20. The third-order valence-electron chi connectivity index (χ3n) is 3.14. The first-order valence-corrected chi connectivity index (χ1v) is 7.67. The fraction of sp³-hybridized carbons (Fsp3) is 0.750. The monoisotopic (exact) mass is 316 g/mol. The van der Waals surface area contributed by atoms with E-state index in [2.05, 4.69) is 6.92 Å². The van der Waals surface area contributed by atoms with Crippen LogP contribution in [-0.2, 0) is 19.4 Å². The second-order valence-electron chi connectivity index (χ2n) is 6.32. The summed E-state index contributed by atoms with van der Waals surface area (Å²) >= 11 is 0. The van der Waals surface area contributed by atoms with Gasteiger partial charge in [-0.1, -0.05) is 39.5 Å². The van der Waals surface area contributed by atoms with Gasteiger partial charge in [0.1, 0.15) is 5.60 Å². The molecule has 6 heteroatoms. The maximum atomic E-state index is 11.4. The Morgan fingerprint density at radius 1 is 1.09 bits per heavy atom. The Kier molecular flexibility index (Phi) is 8.79. The van der Waals surface area contributed by atoms with Gasteiger partial charge in [-0.2, -0.15) is 4.89 Å². The molecule has 0 heterocycles. The minimum atomic E-state index is -1.44. The van der Waals surface area contributed by atoms with Gasteiger partial charge < -0.3 is 15.1 Å². The van der Waals surface area contributed by atoms with Crippen LogP contribution >= 0.6 is 0 Å². The van der Waals surface area contributed by atoms with E-state index in [9.17, 15) is 19.8 Å². The third-order valence-corrected chi connectivity index (χ3v) is 3.14. The van der Waals surface area contributed by atoms with Crippen LogP contribution in [0.3, 0.4) is 0 Å². The summed E-state index contributed by atoms with van der Waals surface area (Å²) in [6.45, 7) is 9.07. The van der Waals surface area contributed by atoms with E-state index in [0.29, 0.717) is 0 Å². The molecule has 0 rings (SSSR count). The Bertz CT molecular complexity index is 405. The molecule has 0 saturated heterocycles. The van der Waals surface area contributed by atoms with E-state index in [1.807, 2.05) is 6.92 Å². The van der Waals surface area contributed by atoms with Gasteiger partial charge in [0.2, 0.25) is 0 Å². The standard InChI is InChI=1S/C16H28O6/c1-6-8-9-11(7-2)10-12(14(17)18)13(15(19)20)21-22-16(3,4)5/h11H,6-10H2,1-5H3,(H,17,18)(H,19,20)/b13-12-. The Balaban J connectivity index is 5.31. The van der Waals surface area contributed by atoms with Crippen molar-refractivity contribution in [1.82, 2.24) is 0 Å². The molecular weight excluding hydrogens is 288 g/mol. The summed E-state index contributed by atoms with van der Waals surface area (Å²) in [6.07, 6.45) is 3.78. The summed E-state index contributed by atoms with van der Waals surface area (Å²) in [5.41, 5.74) is -0.990. The van der Waals surface area contributed by atoms with Crippen molar-refractivity contribution >= 4 is 11.9 Å². The van der Waals surface area contributed by atoms with Crippen molar-refractivity contribution in [3.8, 4) is 0 Å². The molecule has 0 aliphatic rings. The van der Waals surface area contributed by atoms with E-state index in [4.69, 9.17) is 9.78 Å². The van der Waals surface area contributed by atoms with Crippen LogP contribution in [0, 0.1) is 5.92 Å². The van der Waals surface area contributed by atoms with Gasteiger partial charge in [-0.3, -0.25) is 0 Å². The first-order chi connectivity index (χ1) is 10.1. The summed E-state index contributed by atoms with van der Waals surface area (Å²) in [5, 5.41) is 18.6. The van der Waals surface area contributed by atoms with Crippen LogP contribution < -0.4 is 0 Å². The van der Waals surface area contributed by atoms with Gasteiger partial charge in [0.05, 0.1) is 5.57 Å². The molecule has 0 spiro atoms. The molecule has 0 saturated carbocycles. The highest BCUT2D eigenvalue weighted by molar-refractivity contribution is 5.97. The molecule has 0 aromatic heterocycles. The number of unbranched alkanes of at least 4 members (excludes halogenated alkanes) is 1. The van der Waals surface area contributed by atoms with Crippen molar-refractivity contribution in [2.24, 2.45) is 5.92 Å². The van der Waals surface area contributed by atoms with Crippen molar-refractivity contribution in [3.63, 3.8) is 0 Å². The number of rotatable bonds is 10. The van der Waals surface area contributed by atoms with Gasteiger partial charge in [0.25, 0.3) is 5.76 Å². The predicted molar refractivity (Wildman–Crippen MR) is 82.1 cm³/mol. The molecule has 0 fully saturated rings. The zero-order valence-electron chi connectivity index (χ0n) is 14.1. The first kappa shape index (κ1) is 20.4. The van der Waals surface area contributed by atoms with E-state index in [1.165, 1.54) is 0 Å². The number of aliphatic carboxylic acids is 2. The second kappa shape index (κ2) is 9.46. The predicted octanol–water partition coefficient (Wildman–Crippen LogP) is 3.76. The lowest BCUT2D eigenvalue weighted by atomic mass is 9.91. The van der Waals surface area contributed by atoms with E-state index in [0.717, 1.165) is 25.7 Å². The number of hydrogen-bond acceptors (Lipinski definition) is 4. The minimum absolute atomic E-state index is 0.110. The van der Waals surface area contributed by atoms with Crippen molar-refractivity contribution in [3.05, 3.63) is 11.3 Å². The number of hydrogen-bond donors (Lipinski definition) is 2. The molecule has 0 bridgehead atoms. The summed E-state index contributed by atoms with van der Waals surface area (Å²) in [7, 11) is 0. The summed E-state index contributed by atoms with van der Waals surface area (Å²) in [4.78, 5) is 32.6. The van der Waals surface area contributed by atoms with Crippen LogP contribution in [0.15, 0.2) is 11.3 Å². The van der Waals surface area contributed by atoms with Crippen molar-refractivity contribution < 1.29 is 29.6 Å². The zero-order valence-corrected chi connectivity index (χ0v) is 14.1. The quantitative estimate of drug-likeness (QED) is 0.276. The second-order valence-corrected chi connectivity index (χ2v) is 6.32. The summed E-state index contributed by atoms with van der Waals surface area (Å²) in [5.74, 6) is -3.26.